The Bertz CT molecular complexity index is 4490. The number of thiophene rings is 1. The average molecular weight is 830 g/mol. The van der Waals surface area contributed by atoms with Gasteiger partial charge < -0.3 is 13.7 Å². The van der Waals surface area contributed by atoms with E-state index in [0.29, 0.717) is 0 Å². The van der Waals surface area contributed by atoms with E-state index in [0.717, 1.165) is 16.9 Å². The van der Waals surface area contributed by atoms with Crippen molar-refractivity contribution in [2.24, 2.45) is 0 Å². The minimum Gasteiger partial charge on any atom is -0.309 e. The number of rotatable bonds is 4. The molecule has 0 atom stereocenters. The van der Waals surface area contributed by atoms with Crippen LogP contribution in [-0.4, -0.2) is 13.7 Å². The Labute approximate surface area is 370 Å². The molecule has 0 N–H and O–H groups in total. The topological polar surface area (TPSA) is 14.8 Å². The van der Waals surface area contributed by atoms with Crippen LogP contribution >= 0.6 is 11.3 Å². The van der Waals surface area contributed by atoms with Crippen molar-refractivity contribution < 1.29 is 0 Å². The first-order valence-corrected chi connectivity index (χ1v) is 22.8. The quantitative estimate of drug-likeness (QED) is 0.157. The summed E-state index contributed by atoms with van der Waals surface area (Å²) in [7, 11) is 0. The van der Waals surface area contributed by atoms with Crippen molar-refractivity contribution in [1.29, 1.82) is 0 Å². The molecule has 15 rings (SSSR count). The van der Waals surface area contributed by atoms with Crippen molar-refractivity contribution in [2.45, 2.75) is 0 Å². The molecule has 0 aliphatic rings. The molecule has 0 bridgehead atoms. The molecule has 0 aliphatic carbocycles. The van der Waals surface area contributed by atoms with Gasteiger partial charge in [0.25, 0.3) is 0 Å². The minimum absolute atomic E-state index is 1.10. The van der Waals surface area contributed by atoms with Crippen molar-refractivity contribution in [3.8, 4) is 17.1 Å². The zero-order chi connectivity index (χ0) is 41.8. The Balaban J connectivity index is 1.17. The van der Waals surface area contributed by atoms with Crippen molar-refractivity contribution in [2.75, 3.05) is 0 Å². The summed E-state index contributed by atoms with van der Waals surface area (Å²) in [6.45, 7) is 4.07. The maximum absolute atomic E-state index is 4.07. The van der Waals surface area contributed by atoms with Crippen LogP contribution in [0, 0.1) is 0 Å². The van der Waals surface area contributed by atoms with Gasteiger partial charge in [-0.25, -0.2) is 0 Å². The summed E-state index contributed by atoms with van der Waals surface area (Å²) in [6.07, 6.45) is 1.92. The lowest BCUT2D eigenvalue weighted by atomic mass is 9.97. The number of aromatic nitrogens is 3. The SMILES string of the molecule is C=Cc1ccc(-n2c3ccccc3c3cc4ccc5c6c4c(c32)n(-c2cccc3c2sc2ccccc23)c6cc2c3ccccc3n(-c3ccc4ccc6ccccc6c4c3)c25)cc1. The third-order valence-electron chi connectivity index (χ3n) is 14.1. The molecule has 4 heteroatoms. The van der Waals surface area contributed by atoms with Crippen LogP contribution in [0.2, 0.25) is 0 Å². The molecule has 296 valence electrons. The maximum atomic E-state index is 4.07. The van der Waals surface area contributed by atoms with Crippen LogP contribution in [-0.2, 0) is 0 Å². The van der Waals surface area contributed by atoms with Gasteiger partial charge >= 0.3 is 0 Å². The Morgan fingerprint density at radius 3 is 1.78 bits per heavy atom. The van der Waals surface area contributed by atoms with Crippen LogP contribution in [0.1, 0.15) is 5.56 Å². The summed E-state index contributed by atoms with van der Waals surface area (Å²) in [5.74, 6) is 0. The number of para-hydroxylation sites is 2. The second-order valence-electron chi connectivity index (χ2n) is 17.3. The maximum Gasteiger partial charge on any atom is 0.0795 e. The lowest BCUT2D eigenvalue weighted by Crippen LogP contribution is -1.99. The number of fused-ring (bicyclic) bond motifs is 14. The van der Waals surface area contributed by atoms with Gasteiger partial charge in [-0.15, -0.1) is 11.3 Å². The Hall–Kier alpha value is -8.18. The lowest BCUT2D eigenvalue weighted by molar-refractivity contribution is 1.16. The third-order valence-corrected chi connectivity index (χ3v) is 15.3. The van der Waals surface area contributed by atoms with Gasteiger partial charge in [-0.05, 0) is 93.2 Å². The minimum atomic E-state index is 1.10. The van der Waals surface area contributed by atoms with Gasteiger partial charge in [-0.3, -0.25) is 0 Å². The zero-order valence-corrected chi connectivity index (χ0v) is 35.3. The highest BCUT2D eigenvalue weighted by molar-refractivity contribution is 7.26. The monoisotopic (exact) mass is 829 g/mol. The van der Waals surface area contributed by atoms with Crippen molar-refractivity contribution in [1.82, 2.24) is 13.7 Å². The summed E-state index contributed by atoms with van der Waals surface area (Å²) >= 11 is 1.90. The molecule has 11 aromatic carbocycles. The van der Waals surface area contributed by atoms with E-state index in [2.05, 4.69) is 214 Å². The fraction of sp³-hybridized carbons (Fsp3) is 0. The second kappa shape index (κ2) is 12.5. The molecule has 0 aliphatic heterocycles. The number of hydrogen-bond donors (Lipinski definition) is 0. The molecule has 4 heterocycles. The summed E-state index contributed by atoms with van der Waals surface area (Å²) in [6, 6.07) is 72.5. The molecule has 0 unspecified atom stereocenters. The van der Waals surface area contributed by atoms with Crippen molar-refractivity contribution in [3.63, 3.8) is 0 Å². The predicted octanol–water partition coefficient (Wildman–Crippen LogP) is 16.9. The number of benzene rings is 11. The van der Waals surface area contributed by atoms with Crippen LogP contribution in [0.3, 0.4) is 0 Å². The Kier molecular flexibility index (Phi) is 6.71. The van der Waals surface area contributed by atoms with E-state index in [1.165, 1.54) is 124 Å². The molecule has 0 spiro atoms. The van der Waals surface area contributed by atoms with Gasteiger partial charge in [0.1, 0.15) is 0 Å². The summed E-state index contributed by atoms with van der Waals surface area (Å²) < 4.78 is 10.3. The molecule has 0 saturated carbocycles. The highest BCUT2D eigenvalue weighted by atomic mass is 32.1. The first-order chi connectivity index (χ1) is 31.7. The van der Waals surface area contributed by atoms with Crippen LogP contribution in [0.25, 0.3) is 141 Å². The molecule has 4 aromatic heterocycles. The fourth-order valence-corrected chi connectivity index (χ4v) is 12.6. The predicted molar refractivity (Wildman–Crippen MR) is 276 cm³/mol. The summed E-state index contributed by atoms with van der Waals surface area (Å²) in [4.78, 5) is 0. The highest BCUT2D eigenvalue weighted by Crippen LogP contribution is 2.50. The largest absolute Gasteiger partial charge is 0.309 e. The first kappa shape index (κ1) is 34.4. The Morgan fingerprint density at radius 1 is 0.359 bits per heavy atom. The van der Waals surface area contributed by atoms with Gasteiger partial charge in [0.15, 0.2) is 0 Å². The average Bonchev–Trinajstić information content (AvgIpc) is 4.10. The molecule has 0 amide bonds. The van der Waals surface area contributed by atoms with E-state index in [4.69, 9.17) is 0 Å². The van der Waals surface area contributed by atoms with Gasteiger partial charge in [0.2, 0.25) is 0 Å². The molecular weight excluding hydrogens is 795 g/mol. The van der Waals surface area contributed by atoms with Crippen LogP contribution < -0.4 is 0 Å². The van der Waals surface area contributed by atoms with Crippen molar-refractivity contribution >= 4 is 135 Å². The third kappa shape index (κ3) is 4.40. The lowest BCUT2D eigenvalue weighted by Gasteiger charge is -2.14. The van der Waals surface area contributed by atoms with Crippen LogP contribution in [0.4, 0.5) is 0 Å². The molecule has 0 radical (unpaired) electrons. The van der Waals surface area contributed by atoms with Gasteiger partial charge in [-0.2, -0.15) is 0 Å². The molecule has 0 fully saturated rings. The first-order valence-electron chi connectivity index (χ1n) is 22.0. The smallest absolute Gasteiger partial charge is 0.0795 e. The Morgan fingerprint density at radius 2 is 0.984 bits per heavy atom. The molecule has 0 saturated heterocycles. The van der Waals surface area contributed by atoms with Crippen LogP contribution in [0.5, 0.6) is 0 Å². The molecule has 3 nitrogen and oxygen atoms in total. The van der Waals surface area contributed by atoms with Crippen LogP contribution in [0.15, 0.2) is 201 Å². The standard InChI is InChI=1S/C60H35N3S/c1-2-35-22-28-39(29-23-35)61-50-18-8-5-14-42(50)48-32-38-27-31-46-56-53(63(59(55(38)56)58(48)61)52-20-11-17-45-44-16-7-10-21-54(44)64-60(45)52)34-49-43-15-6-9-19-51(43)62(57(46)49)40-30-26-37-25-24-36-12-3-4-13-41(36)47(37)33-40/h2-34H,1H2. The number of nitrogens with zero attached hydrogens (tertiary/aromatic N) is 3. The van der Waals surface area contributed by atoms with Gasteiger partial charge in [0.05, 0.1) is 43.5 Å². The summed E-state index contributed by atoms with van der Waals surface area (Å²) in [5, 5.41) is 17.7. The van der Waals surface area contributed by atoms with E-state index < -0.39 is 0 Å². The van der Waals surface area contributed by atoms with E-state index in [1.54, 1.807) is 0 Å². The van der Waals surface area contributed by atoms with E-state index >= 15 is 0 Å². The fourth-order valence-electron chi connectivity index (χ4n) is 11.4. The summed E-state index contributed by atoms with van der Waals surface area (Å²) in [5.41, 5.74) is 11.9. The molecule has 15 aromatic rings. The highest BCUT2D eigenvalue weighted by Gasteiger charge is 2.28. The van der Waals surface area contributed by atoms with Gasteiger partial charge in [-0.1, -0.05) is 146 Å². The molecule has 64 heavy (non-hydrogen) atoms. The molecular formula is C60H35N3S. The second-order valence-corrected chi connectivity index (χ2v) is 18.3. The normalized spacial score (nSPS) is 12.4. The van der Waals surface area contributed by atoms with E-state index in [1.807, 2.05) is 17.4 Å². The zero-order valence-electron chi connectivity index (χ0n) is 34.5. The van der Waals surface area contributed by atoms with Gasteiger partial charge in [0, 0.05) is 64.6 Å². The van der Waals surface area contributed by atoms with Crippen molar-refractivity contribution in [3.05, 3.63) is 206 Å². The van der Waals surface area contributed by atoms with E-state index in [-0.39, 0.29) is 0 Å². The number of hydrogen-bond acceptors (Lipinski definition) is 1. The van der Waals surface area contributed by atoms with E-state index in [9.17, 15) is 0 Å².